The zero-order valence-corrected chi connectivity index (χ0v) is 18.2. The average Bonchev–Trinajstić information content (AvgIpc) is 3.13. The predicted octanol–water partition coefficient (Wildman–Crippen LogP) is 3.91. The van der Waals surface area contributed by atoms with Crippen LogP contribution in [0.2, 0.25) is 0 Å². The van der Waals surface area contributed by atoms with Crippen LogP contribution >= 0.6 is 24.0 Å². The van der Waals surface area contributed by atoms with E-state index in [0.717, 1.165) is 35.8 Å². The van der Waals surface area contributed by atoms with Gasteiger partial charge in [-0.3, -0.25) is 4.98 Å². The summed E-state index contributed by atoms with van der Waals surface area (Å²) in [5, 5.41) is 9.04. The number of aromatic nitrogens is 1. The van der Waals surface area contributed by atoms with E-state index in [4.69, 9.17) is 9.73 Å². The van der Waals surface area contributed by atoms with E-state index >= 15 is 0 Å². The van der Waals surface area contributed by atoms with Crippen molar-refractivity contribution in [2.24, 2.45) is 4.99 Å². The van der Waals surface area contributed by atoms with Gasteiger partial charge in [-0.15, -0.1) is 24.0 Å². The fourth-order valence-electron chi connectivity index (χ4n) is 3.38. The molecule has 2 aromatic carbocycles. The quantitative estimate of drug-likeness (QED) is 0.325. The number of hydrogen-bond donors (Lipinski definition) is 2. The maximum Gasteiger partial charge on any atom is 0.191 e. The molecule has 2 heterocycles. The van der Waals surface area contributed by atoms with E-state index in [0.29, 0.717) is 13.1 Å². The molecule has 2 N–H and O–H groups in total. The van der Waals surface area contributed by atoms with Crippen LogP contribution in [-0.4, -0.2) is 30.1 Å². The number of hydrogen-bond acceptors (Lipinski definition) is 3. The third-order valence-electron chi connectivity index (χ3n) is 4.70. The fourth-order valence-corrected chi connectivity index (χ4v) is 3.38. The first-order valence-electron chi connectivity index (χ1n) is 9.43. The van der Waals surface area contributed by atoms with Gasteiger partial charge in [0.1, 0.15) is 11.9 Å². The number of nitrogens with zero attached hydrogens (tertiary/aromatic N) is 2. The van der Waals surface area contributed by atoms with Crippen molar-refractivity contribution in [2.75, 3.05) is 13.1 Å². The SMILES string of the molecule is CCNC(=NCc1nccc2ccccc12)NCC1Cc2ccccc2O1.I. The highest BCUT2D eigenvalue weighted by atomic mass is 127. The summed E-state index contributed by atoms with van der Waals surface area (Å²) in [6.07, 6.45) is 2.90. The molecule has 1 aliphatic rings. The van der Waals surface area contributed by atoms with Crippen LogP contribution in [0.25, 0.3) is 10.8 Å². The number of guanidine groups is 1. The Kier molecular flexibility index (Phi) is 7.08. The largest absolute Gasteiger partial charge is 0.488 e. The average molecular weight is 488 g/mol. The normalized spacial score (nSPS) is 15.5. The highest BCUT2D eigenvalue weighted by Crippen LogP contribution is 2.27. The summed E-state index contributed by atoms with van der Waals surface area (Å²) in [6.45, 7) is 4.11. The van der Waals surface area contributed by atoms with Crippen LogP contribution in [0.5, 0.6) is 5.75 Å². The van der Waals surface area contributed by atoms with Crippen molar-refractivity contribution in [1.29, 1.82) is 0 Å². The Hall–Kier alpha value is -2.35. The van der Waals surface area contributed by atoms with Crippen molar-refractivity contribution < 1.29 is 4.74 Å². The van der Waals surface area contributed by atoms with Gasteiger partial charge in [0.2, 0.25) is 0 Å². The number of nitrogens with one attached hydrogen (secondary N) is 2. The first-order chi connectivity index (χ1) is 13.3. The molecule has 1 aromatic heterocycles. The first kappa shape index (κ1) is 20.4. The number of halogens is 1. The first-order valence-corrected chi connectivity index (χ1v) is 9.43. The summed E-state index contributed by atoms with van der Waals surface area (Å²) in [6, 6.07) is 18.5. The van der Waals surface area contributed by atoms with E-state index in [-0.39, 0.29) is 30.1 Å². The standard InChI is InChI=1S/C22H24N4O.HI/c1-2-23-22(25-14-18-13-17-8-4-6-10-21(17)27-18)26-15-20-19-9-5-3-7-16(19)11-12-24-20;/h3-12,18H,2,13-15H2,1H3,(H2,23,25,26);1H. The number of rotatable bonds is 5. The van der Waals surface area contributed by atoms with Crippen LogP contribution < -0.4 is 15.4 Å². The van der Waals surface area contributed by atoms with Gasteiger partial charge in [0, 0.05) is 24.5 Å². The number of fused-ring (bicyclic) bond motifs is 2. The maximum atomic E-state index is 6.00. The lowest BCUT2D eigenvalue weighted by atomic mass is 10.1. The second kappa shape index (κ2) is 9.73. The van der Waals surface area contributed by atoms with Crippen molar-refractivity contribution in [3.63, 3.8) is 0 Å². The Balaban J connectivity index is 0.00000225. The molecule has 0 saturated carbocycles. The van der Waals surface area contributed by atoms with Crippen LogP contribution in [-0.2, 0) is 13.0 Å². The monoisotopic (exact) mass is 488 g/mol. The lowest BCUT2D eigenvalue weighted by molar-refractivity contribution is 0.235. The smallest absolute Gasteiger partial charge is 0.191 e. The minimum atomic E-state index is 0. The molecule has 5 nitrogen and oxygen atoms in total. The maximum absolute atomic E-state index is 6.00. The van der Waals surface area contributed by atoms with Gasteiger partial charge in [0.15, 0.2) is 5.96 Å². The Morgan fingerprint density at radius 3 is 2.79 bits per heavy atom. The Bertz CT molecular complexity index is 930. The molecular weight excluding hydrogens is 463 g/mol. The molecule has 0 bridgehead atoms. The molecule has 3 aromatic rings. The molecule has 28 heavy (non-hydrogen) atoms. The molecule has 6 heteroatoms. The third-order valence-corrected chi connectivity index (χ3v) is 4.70. The van der Waals surface area contributed by atoms with Crippen molar-refractivity contribution >= 4 is 40.7 Å². The fraction of sp³-hybridized carbons (Fsp3) is 0.273. The van der Waals surface area contributed by atoms with Gasteiger partial charge in [-0.05, 0) is 30.0 Å². The predicted molar refractivity (Wildman–Crippen MR) is 125 cm³/mol. The molecular formula is C22H25IN4O. The lowest BCUT2D eigenvalue weighted by Gasteiger charge is -2.15. The molecule has 0 aliphatic carbocycles. The van der Waals surface area contributed by atoms with Gasteiger partial charge in [-0.1, -0.05) is 42.5 Å². The molecule has 1 unspecified atom stereocenters. The second-order valence-corrected chi connectivity index (χ2v) is 6.61. The van der Waals surface area contributed by atoms with Crippen molar-refractivity contribution in [3.05, 3.63) is 72.1 Å². The Morgan fingerprint density at radius 2 is 1.93 bits per heavy atom. The molecule has 146 valence electrons. The van der Waals surface area contributed by atoms with Gasteiger partial charge in [0.25, 0.3) is 0 Å². The van der Waals surface area contributed by atoms with Gasteiger partial charge in [-0.25, -0.2) is 4.99 Å². The molecule has 1 aliphatic heterocycles. The van der Waals surface area contributed by atoms with Crippen molar-refractivity contribution in [1.82, 2.24) is 15.6 Å². The third kappa shape index (κ3) is 4.73. The zero-order valence-electron chi connectivity index (χ0n) is 15.9. The molecule has 4 rings (SSSR count). The number of aliphatic imine (C=N–C) groups is 1. The van der Waals surface area contributed by atoms with E-state index < -0.39 is 0 Å². The molecule has 0 fully saturated rings. The molecule has 0 saturated heterocycles. The molecule has 0 amide bonds. The van der Waals surface area contributed by atoms with Crippen LogP contribution in [0.1, 0.15) is 18.2 Å². The summed E-state index contributed by atoms with van der Waals surface area (Å²) in [4.78, 5) is 9.24. The lowest BCUT2D eigenvalue weighted by Crippen LogP contribution is -2.42. The molecule has 1 atom stereocenters. The van der Waals surface area contributed by atoms with E-state index in [9.17, 15) is 0 Å². The number of pyridine rings is 1. The highest BCUT2D eigenvalue weighted by molar-refractivity contribution is 14.0. The van der Waals surface area contributed by atoms with Crippen molar-refractivity contribution in [3.8, 4) is 5.75 Å². The van der Waals surface area contributed by atoms with Gasteiger partial charge in [-0.2, -0.15) is 0 Å². The van der Waals surface area contributed by atoms with Crippen molar-refractivity contribution in [2.45, 2.75) is 26.0 Å². The van der Waals surface area contributed by atoms with Gasteiger partial charge < -0.3 is 15.4 Å². The topological polar surface area (TPSA) is 58.5 Å². The van der Waals surface area contributed by atoms with Crippen LogP contribution in [0.4, 0.5) is 0 Å². The number of para-hydroxylation sites is 1. The minimum absolute atomic E-state index is 0. The summed E-state index contributed by atoms with van der Waals surface area (Å²) in [7, 11) is 0. The van der Waals surface area contributed by atoms with E-state index in [1.807, 2.05) is 36.5 Å². The molecule has 0 spiro atoms. The highest BCUT2D eigenvalue weighted by Gasteiger charge is 2.22. The van der Waals surface area contributed by atoms with E-state index in [1.165, 1.54) is 10.9 Å². The van der Waals surface area contributed by atoms with Crippen LogP contribution in [0, 0.1) is 0 Å². The summed E-state index contributed by atoms with van der Waals surface area (Å²) in [5.74, 6) is 1.78. The summed E-state index contributed by atoms with van der Waals surface area (Å²) < 4.78 is 6.00. The Morgan fingerprint density at radius 1 is 1.11 bits per heavy atom. The van der Waals surface area contributed by atoms with Crippen LogP contribution in [0.3, 0.4) is 0 Å². The van der Waals surface area contributed by atoms with E-state index in [2.05, 4.69) is 46.8 Å². The van der Waals surface area contributed by atoms with E-state index in [1.54, 1.807) is 0 Å². The van der Waals surface area contributed by atoms with Crippen LogP contribution in [0.15, 0.2) is 65.8 Å². The van der Waals surface area contributed by atoms with Gasteiger partial charge in [0.05, 0.1) is 18.8 Å². The number of benzene rings is 2. The summed E-state index contributed by atoms with van der Waals surface area (Å²) in [5.41, 5.74) is 2.25. The molecule has 0 radical (unpaired) electrons. The second-order valence-electron chi connectivity index (χ2n) is 6.61. The summed E-state index contributed by atoms with van der Waals surface area (Å²) >= 11 is 0. The van der Waals surface area contributed by atoms with Gasteiger partial charge >= 0.3 is 0 Å². The number of ether oxygens (including phenoxy) is 1. The Labute approximate surface area is 182 Å². The zero-order chi connectivity index (χ0) is 18.5. The minimum Gasteiger partial charge on any atom is -0.488 e.